The highest BCUT2D eigenvalue weighted by atomic mass is 16.5. The van der Waals surface area contributed by atoms with Crippen LogP contribution in [0.1, 0.15) is 30.5 Å². The third kappa shape index (κ3) is 3.75. The summed E-state index contributed by atoms with van der Waals surface area (Å²) in [6, 6.07) is 6.48. The van der Waals surface area contributed by atoms with Gasteiger partial charge < -0.3 is 10.1 Å². The van der Waals surface area contributed by atoms with E-state index in [4.69, 9.17) is 10.00 Å². The van der Waals surface area contributed by atoms with Crippen molar-refractivity contribution in [2.45, 2.75) is 34.2 Å². The Balaban J connectivity index is 2.77. The van der Waals surface area contributed by atoms with E-state index in [0.717, 1.165) is 17.9 Å². The fourth-order valence-corrected chi connectivity index (χ4v) is 1.91. The van der Waals surface area contributed by atoms with Crippen molar-refractivity contribution in [3.8, 4) is 11.8 Å². The molecule has 1 aromatic carbocycles. The lowest BCUT2D eigenvalue weighted by molar-refractivity contribution is 0.401. The molecule has 0 aliphatic heterocycles. The van der Waals surface area contributed by atoms with E-state index in [9.17, 15) is 0 Å². The Morgan fingerprint density at radius 3 is 2.56 bits per heavy atom. The standard InChI is InChI=1S/C15H22N2O/c1-11-6-12(2)13(14(7-11)18-5)8-17-10-15(3,4)9-16/h6-7,17H,8,10H2,1-5H3. The van der Waals surface area contributed by atoms with Gasteiger partial charge in [0.2, 0.25) is 0 Å². The van der Waals surface area contributed by atoms with E-state index in [1.54, 1.807) is 7.11 Å². The fourth-order valence-electron chi connectivity index (χ4n) is 1.91. The molecule has 1 N–H and O–H groups in total. The van der Waals surface area contributed by atoms with Crippen LogP contribution in [0.25, 0.3) is 0 Å². The van der Waals surface area contributed by atoms with Crippen molar-refractivity contribution in [1.29, 1.82) is 5.26 Å². The third-order valence-corrected chi connectivity index (χ3v) is 2.97. The summed E-state index contributed by atoms with van der Waals surface area (Å²) >= 11 is 0. The molecule has 3 nitrogen and oxygen atoms in total. The highest BCUT2D eigenvalue weighted by Gasteiger charge is 2.16. The summed E-state index contributed by atoms with van der Waals surface area (Å²) in [6.45, 7) is 9.40. The van der Waals surface area contributed by atoms with E-state index in [-0.39, 0.29) is 5.41 Å². The number of nitrogens with one attached hydrogen (secondary N) is 1. The van der Waals surface area contributed by atoms with E-state index in [2.05, 4.69) is 31.3 Å². The quantitative estimate of drug-likeness (QED) is 0.868. The van der Waals surface area contributed by atoms with Gasteiger partial charge >= 0.3 is 0 Å². The summed E-state index contributed by atoms with van der Waals surface area (Å²) in [7, 11) is 1.69. The zero-order chi connectivity index (χ0) is 13.8. The Morgan fingerprint density at radius 2 is 2.00 bits per heavy atom. The molecule has 0 aliphatic rings. The molecule has 0 bridgehead atoms. The molecule has 0 aromatic heterocycles. The first kappa shape index (κ1) is 14.5. The molecule has 1 rings (SSSR count). The largest absolute Gasteiger partial charge is 0.496 e. The van der Waals surface area contributed by atoms with Gasteiger partial charge in [-0.2, -0.15) is 5.26 Å². The van der Waals surface area contributed by atoms with E-state index < -0.39 is 0 Å². The zero-order valence-electron chi connectivity index (χ0n) is 11.9. The maximum absolute atomic E-state index is 8.97. The minimum atomic E-state index is -0.341. The molecule has 0 spiro atoms. The molecule has 18 heavy (non-hydrogen) atoms. The first-order valence-corrected chi connectivity index (χ1v) is 6.15. The van der Waals surface area contributed by atoms with Gasteiger partial charge in [-0.1, -0.05) is 6.07 Å². The number of benzene rings is 1. The maximum atomic E-state index is 8.97. The Morgan fingerprint density at radius 1 is 1.33 bits per heavy atom. The Kier molecular flexibility index (Phi) is 4.75. The molecular weight excluding hydrogens is 224 g/mol. The van der Waals surface area contributed by atoms with Crippen molar-refractivity contribution < 1.29 is 4.74 Å². The Bertz CT molecular complexity index is 458. The molecule has 1 aromatic rings. The second-order valence-electron chi connectivity index (χ2n) is 5.36. The monoisotopic (exact) mass is 246 g/mol. The average Bonchev–Trinajstić information content (AvgIpc) is 2.31. The lowest BCUT2D eigenvalue weighted by Gasteiger charge is -2.18. The van der Waals surface area contributed by atoms with Gasteiger partial charge in [-0.3, -0.25) is 0 Å². The molecule has 0 fully saturated rings. The van der Waals surface area contributed by atoms with Crippen molar-refractivity contribution in [1.82, 2.24) is 5.32 Å². The van der Waals surface area contributed by atoms with Crippen molar-refractivity contribution >= 4 is 0 Å². The number of methoxy groups -OCH3 is 1. The van der Waals surface area contributed by atoms with E-state index >= 15 is 0 Å². The molecular formula is C15H22N2O. The molecule has 0 unspecified atom stereocenters. The van der Waals surface area contributed by atoms with Crippen molar-refractivity contribution in [3.05, 3.63) is 28.8 Å². The molecule has 0 saturated heterocycles. The molecule has 3 heteroatoms. The topological polar surface area (TPSA) is 45.0 Å². The maximum Gasteiger partial charge on any atom is 0.123 e. The van der Waals surface area contributed by atoms with Crippen LogP contribution in [-0.4, -0.2) is 13.7 Å². The molecule has 98 valence electrons. The predicted octanol–water partition coefficient (Wildman–Crippen LogP) is 2.95. The van der Waals surface area contributed by atoms with Gasteiger partial charge in [0.15, 0.2) is 0 Å². The summed E-state index contributed by atoms with van der Waals surface area (Å²) < 4.78 is 5.41. The van der Waals surface area contributed by atoms with Crippen LogP contribution in [-0.2, 0) is 6.54 Å². The fraction of sp³-hybridized carbons (Fsp3) is 0.533. The van der Waals surface area contributed by atoms with E-state index in [0.29, 0.717) is 6.54 Å². The normalized spacial score (nSPS) is 11.1. The van der Waals surface area contributed by atoms with Gasteiger partial charge in [0.1, 0.15) is 5.75 Å². The minimum Gasteiger partial charge on any atom is -0.496 e. The van der Waals surface area contributed by atoms with Crippen LogP contribution in [0.3, 0.4) is 0 Å². The lowest BCUT2D eigenvalue weighted by atomic mass is 9.95. The van der Waals surface area contributed by atoms with Gasteiger partial charge in [0, 0.05) is 18.7 Å². The first-order chi connectivity index (χ1) is 8.39. The predicted molar refractivity (Wildman–Crippen MR) is 73.6 cm³/mol. The molecule has 0 heterocycles. The van der Waals surface area contributed by atoms with Crippen LogP contribution >= 0.6 is 0 Å². The van der Waals surface area contributed by atoms with Gasteiger partial charge in [-0.05, 0) is 44.9 Å². The van der Waals surface area contributed by atoms with Crippen molar-refractivity contribution in [2.75, 3.05) is 13.7 Å². The zero-order valence-corrected chi connectivity index (χ0v) is 11.9. The third-order valence-electron chi connectivity index (χ3n) is 2.97. The Hall–Kier alpha value is -1.53. The second kappa shape index (κ2) is 5.88. The summed E-state index contributed by atoms with van der Waals surface area (Å²) in [5.41, 5.74) is 3.24. The van der Waals surface area contributed by atoms with Gasteiger partial charge in [0.05, 0.1) is 18.6 Å². The van der Waals surface area contributed by atoms with Crippen molar-refractivity contribution in [3.63, 3.8) is 0 Å². The smallest absolute Gasteiger partial charge is 0.123 e. The summed E-state index contributed by atoms with van der Waals surface area (Å²) in [5.74, 6) is 0.912. The van der Waals surface area contributed by atoms with E-state index in [1.165, 1.54) is 11.1 Å². The van der Waals surface area contributed by atoms with Gasteiger partial charge in [-0.25, -0.2) is 0 Å². The lowest BCUT2D eigenvalue weighted by Crippen LogP contribution is -2.28. The summed E-state index contributed by atoms with van der Waals surface area (Å²) in [5, 5.41) is 12.3. The van der Waals surface area contributed by atoms with Crippen LogP contribution in [0.15, 0.2) is 12.1 Å². The SMILES string of the molecule is COc1cc(C)cc(C)c1CNCC(C)(C)C#N. The number of aryl methyl sites for hydroxylation is 2. The van der Waals surface area contributed by atoms with Crippen LogP contribution in [0.2, 0.25) is 0 Å². The number of ether oxygens (including phenoxy) is 1. The number of nitriles is 1. The first-order valence-electron chi connectivity index (χ1n) is 6.15. The molecule has 0 aliphatic carbocycles. The second-order valence-corrected chi connectivity index (χ2v) is 5.36. The van der Waals surface area contributed by atoms with Crippen LogP contribution in [0.4, 0.5) is 0 Å². The number of hydrogen-bond donors (Lipinski definition) is 1. The van der Waals surface area contributed by atoms with Gasteiger partial charge in [0.25, 0.3) is 0 Å². The van der Waals surface area contributed by atoms with Crippen LogP contribution < -0.4 is 10.1 Å². The average molecular weight is 246 g/mol. The molecule has 0 atom stereocenters. The molecule has 0 saturated carbocycles. The number of nitrogens with zero attached hydrogens (tertiary/aromatic N) is 1. The summed E-state index contributed by atoms with van der Waals surface area (Å²) in [4.78, 5) is 0. The highest BCUT2D eigenvalue weighted by molar-refractivity contribution is 5.42. The van der Waals surface area contributed by atoms with Crippen LogP contribution in [0.5, 0.6) is 5.75 Å². The number of rotatable bonds is 5. The van der Waals surface area contributed by atoms with Crippen LogP contribution in [0, 0.1) is 30.6 Å². The number of hydrogen-bond acceptors (Lipinski definition) is 3. The van der Waals surface area contributed by atoms with Gasteiger partial charge in [-0.15, -0.1) is 0 Å². The summed E-state index contributed by atoms with van der Waals surface area (Å²) in [6.07, 6.45) is 0. The highest BCUT2D eigenvalue weighted by Crippen LogP contribution is 2.24. The molecule has 0 radical (unpaired) electrons. The Labute approximate surface area is 110 Å². The molecule has 0 amide bonds. The van der Waals surface area contributed by atoms with Crippen molar-refractivity contribution in [2.24, 2.45) is 5.41 Å². The minimum absolute atomic E-state index is 0.341. The van der Waals surface area contributed by atoms with E-state index in [1.807, 2.05) is 19.9 Å².